The summed E-state index contributed by atoms with van der Waals surface area (Å²) in [5, 5.41) is 3.62. The second-order valence-electron chi connectivity index (χ2n) is 3.79. The van der Waals surface area contributed by atoms with Crippen LogP contribution in [0.15, 0.2) is 30.6 Å². The van der Waals surface area contributed by atoms with Crippen LogP contribution >= 0.6 is 23.2 Å². The van der Waals surface area contributed by atoms with Crippen molar-refractivity contribution in [2.45, 2.75) is 13.0 Å². The molecule has 1 heterocycles. The number of hydrogen-bond donors (Lipinski definition) is 2. The van der Waals surface area contributed by atoms with Gasteiger partial charge in [0.25, 0.3) is 5.91 Å². The summed E-state index contributed by atoms with van der Waals surface area (Å²) >= 11 is 11.7. The van der Waals surface area contributed by atoms with Crippen LogP contribution in [0.1, 0.15) is 29.1 Å². The zero-order valence-electron chi connectivity index (χ0n) is 9.58. The molecule has 1 aromatic carbocycles. The van der Waals surface area contributed by atoms with E-state index in [0.717, 1.165) is 0 Å². The number of aromatic amines is 1. The summed E-state index contributed by atoms with van der Waals surface area (Å²) in [5.74, 6) is 0.425. The van der Waals surface area contributed by atoms with Gasteiger partial charge in [-0.15, -0.1) is 0 Å². The zero-order chi connectivity index (χ0) is 13.1. The number of imidazole rings is 1. The third kappa shape index (κ3) is 2.83. The number of rotatable bonds is 3. The Kier molecular flexibility index (Phi) is 3.89. The summed E-state index contributed by atoms with van der Waals surface area (Å²) in [6, 6.07) is 4.53. The van der Waals surface area contributed by atoms with Gasteiger partial charge in [-0.2, -0.15) is 0 Å². The number of amides is 1. The fourth-order valence-corrected chi connectivity index (χ4v) is 2.02. The first-order valence-electron chi connectivity index (χ1n) is 5.33. The van der Waals surface area contributed by atoms with Crippen molar-refractivity contribution in [3.8, 4) is 0 Å². The number of carbonyl (C=O) groups excluding carboxylic acids is 1. The van der Waals surface area contributed by atoms with Crippen LogP contribution in [0.4, 0.5) is 0 Å². The molecular formula is C12H11Cl2N3O. The van der Waals surface area contributed by atoms with Crippen LogP contribution < -0.4 is 5.32 Å². The number of carbonyl (C=O) groups is 1. The van der Waals surface area contributed by atoms with Crippen LogP contribution in [0.5, 0.6) is 0 Å². The van der Waals surface area contributed by atoms with E-state index in [0.29, 0.717) is 21.4 Å². The molecular weight excluding hydrogens is 273 g/mol. The highest BCUT2D eigenvalue weighted by Crippen LogP contribution is 2.21. The van der Waals surface area contributed by atoms with E-state index in [1.165, 1.54) is 6.07 Å². The van der Waals surface area contributed by atoms with E-state index >= 15 is 0 Å². The van der Waals surface area contributed by atoms with Gasteiger partial charge in [0.2, 0.25) is 0 Å². The lowest BCUT2D eigenvalue weighted by Crippen LogP contribution is -2.27. The van der Waals surface area contributed by atoms with Crippen molar-refractivity contribution in [1.29, 1.82) is 0 Å². The number of halogens is 2. The molecule has 0 saturated heterocycles. The third-order valence-corrected chi connectivity index (χ3v) is 3.00. The summed E-state index contributed by atoms with van der Waals surface area (Å²) in [6.45, 7) is 1.83. The smallest absolute Gasteiger partial charge is 0.253 e. The SMILES string of the molecule is CC(NC(=O)c1ccc(Cl)cc1Cl)c1ncc[nH]1. The highest BCUT2D eigenvalue weighted by Gasteiger charge is 2.15. The second-order valence-corrected chi connectivity index (χ2v) is 4.64. The average Bonchev–Trinajstić information content (AvgIpc) is 2.81. The minimum atomic E-state index is -0.263. The summed E-state index contributed by atoms with van der Waals surface area (Å²) in [5.41, 5.74) is 0.388. The van der Waals surface area contributed by atoms with Crippen molar-refractivity contribution < 1.29 is 4.79 Å². The fraction of sp³-hybridized carbons (Fsp3) is 0.167. The summed E-state index contributed by atoms with van der Waals surface area (Å²) in [4.78, 5) is 19.0. The molecule has 2 aromatic rings. The summed E-state index contributed by atoms with van der Waals surface area (Å²) in [6.07, 6.45) is 3.33. The molecule has 0 aliphatic heterocycles. The van der Waals surface area contributed by atoms with Crippen molar-refractivity contribution in [2.75, 3.05) is 0 Å². The molecule has 0 aliphatic rings. The molecule has 2 N–H and O–H groups in total. The lowest BCUT2D eigenvalue weighted by molar-refractivity contribution is 0.0938. The van der Waals surface area contributed by atoms with Gasteiger partial charge in [0, 0.05) is 17.4 Å². The fourth-order valence-electron chi connectivity index (χ4n) is 1.53. The van der Waals surface area contributed by atoms with Crippen LogP contribution in [0.3, 0.4) is 0 Å². The Morgan fingerprint density at radius 1 is 1.44 bits per heavy atom. The Labute approximate surface area is 114 Å². The first kappa shape index (κ1) is 12.9. The molecule has 1 amide bonds. The molecule has 94 valence electrons. The van der Waals surface area contributed by atoms with Gasteiger partial charge in [-0.3, -0.25) is 4.79 Å². The van der Waals surface area contributed by atoms with Gasteiger partial charge in [-0.25, -0.2) is 4.98 Å². The van der Waals surface area contributed by atoms with Gasteiger partial charge in [0.1, 0.15) is 5.82 Å². The molecule has 4 nitrogen and oxygen atoms in total. The van der Waals surface area contributed by atoms with Gasteiger partial charge >= 0.3 is 0 Å². The summed E-state index contributed by atoms with van der Waals surface area (Å²) in [7, 11) is 0. The van der Waals surface area contributed by atoms with Crippen molar-refractivity contribution in [2.24, 2.45) is 0 Å². The average molecular weight is 284 g/mol. The Balaban J connectivity index is 2.12. The number of nitrogens with one attached hydrogen (secondary N) is 2. The van der Waals surface area contributed by atoms with E-state index in [1.807, 2.05) is 6.92 Å². The Morgan fingerprint density at radius 2 is 2.22 bits per heavy atom. The lowest BCUT2D eigenvalue weighted by atomic mass is 10.2. The first-order chi connectivity index (χ1) is 8.58. The maximum Gasteiger partial charge on any atom is 0.253 e. The van der Waals surface area contributed by atoms with E-state index in [2.05, 4.69) is 15.3 Å². The Hall–Kier alpha value is -1.52. The molecule has 0 radical (unpaired) electrons. The van der Waals surface area contributed by atoms with Crippen molar-refractivity contribution in [3.05, 3.63) is 52.0 Å². The maximum absolute atomic E-state index is 12.0. The Morgan fingerprint density at radius 3 is 2.83 bits per heavy atom. The van der Waals surface area contributed by atoms with Gasteiger partial charge in [0.15, 0.2) is 0 Å². The minimum Gasteiger partial charge on any atom is -0.347 e. The first-order valence-corrected chi connectivity index (χ1v) is 6.08. The molecule has 6 heteroatoms. The van der Waals surface area contributed by atoms with Gasteiger partial charge in [-0.1, -0.05) is 23.2 Å². The van der Waals surface area contributed by atoms with E-state index < -0.39 is 0 Å². The van der Waals surface area contributed by atoms with Crippen LogP contribution in [0, 0.1) is 0 Å². The molecule has 0 aliphatic carbocycles. The van der Waals surface area contributed by atoms with Crippen LogP contribution in [-0.2, 0) is 0 Å². The van der Waals surface area contributed by atoms with Gasteiger partial charge in [-0.05, 0) is 25.1 Å². The largest absolute Gasteiger partial charge is 0.347 e. The molecule has 0 spiro atoms. The van der Waals surface area contributed by atoms with Crippen LogP contribution in [0.25, 0.3) is 0 Å². The normalized spacial score (nSPS) is 12.2. The summed E-state index contributed by atoms with van der Waals surface area (Å²) < 4.78 is 0. The van der Waals surface area contributed by atoms with Gasteiger partial charge in [0.05, 0.1) is 16.6 Å². The highest BCUT2D eigenvalue weighted by molar-refractivity contribution is 6.36. The molecule has 0 saturated carbocycles. The highest BCUT2D eigenvalue weighted by atomic mass is 35.5. The predicted octanol–water partition coefficient (Wildman–Crippen LogP) is 3.21. The van der Waals surface area contributed by atoms with Gasteiger partial charge < -0.3 is 10.3 Å². The maximum atomic E-state index is 12.0. The Bertz CT molecular complexity index is 554. The number of H-pyrrole nitrogens is 1. The minimum absolute atomic E-state index is 0.223. The van der Waals surface area contributed by atoms with Crippen LogP contribution in [-0.4, -0.2) is 15.9 Å². The second kappa shape index (κ2) is 5.42. The molecule has 1 atom stereocenters. The predicted molar refractivity (Wildman–Crippen MR) is 70.9 cm³/mol. The molecule has 2 rings (SSSR count). The quantitative estimate of drug-likeness (QED) is 0.909. The molecule has 18 heavy (non-hydrogen) atoms. The molecule has 0 bridgehead atoms. The van der Waals surface area contributed by atoms with E-state index in [9.17, 15) is 4.79 Å². The topological polar surface area (TPSA) is 57.8 Å². The monoisotopic (exact) mass is 283 g/mol. The number of benzene rings is 1. The van der Waals surface area contributed by atoms with E-state index in [-0.39, 0.29) is 11.9 Å². The zero-order valence-corrected chi connectivity index (χ0v) is 11.1. The van der Waals surface area contributed by atoms with E-state index in [4.69, 9.17) is 23.2 Å². The standard InChI is InChI=1S/C12H11Cl2N3O/c1-7(11-15-4-5-16-11)17-12(18)9-3-2-8(13)6-10(9)14/h2-7H,1H3,(H,15,16)(H,17,18). The molecule has 0 fully saturated rings. The number of hydrogen-bond acceptors (Lipinski definition) is 2. The third-order valence-electron chi connectivity index (χ3n) is 2.45. The van der Waals surface area contributed by atoms with Crippen molar-refractivity contribution >= 4 is 29.1 Å². The van der Waals surface area contributed by atoms with Crippen molar-refractivity contribution in [3.63, 3.8) is 0 Å². The lowest BCUT2D eigenvalue weighted by Gasteiger charge is -2.12. The van der Waals surface area contributed by atoms with Crippen molar-refractivity contribution in [1.82, 2.24) is 15.3 Å². The van der Waals surface area contributed by atoms with E-state index in [1.54, 1.807) is 24.5 Å². The number of nitrogens with zero attached hydrogens (tertiary/aromatic N) is 1. The number of aromatic nitrogens is 2. The molecule has 1 aromatic heterocycles. The van der Waals surface area contributed by atoms with Crippen LogP contribution in [0.2, 0.25) is 10.0 Å². The molecule has 1 unspecified atom stereocenters.